The molecule has 0 atom stereocenters. The summed E-state index contributed by atoms with van der Waals surface area (Å²) in [4.78, 5) is 26.6. The van der Waals surface area contributed by atoms with Gasteiger partial charge in [0, 0.05) is 31.6 Å². The SMILES string of the molecule is COc1cc(/C=C/C(=O)N2CCC(C(=O)NCc3ccccc3)CC2)ccc1OC(F)F. The van der Waals surface area contributed by atoms with E-state index in [0.29, 0.717) is 38.0 Å². The lowest BCUT2D eigenvalue weighted by atomic mass is 9.95. The van der Waals surface area contributed by atoms with Crippen molar-refractivity contribution in [2.24, 2.45) is 5.92 Å². The van der Waals surface area contributed by atoms with Crippen molar-refractivity contribution in [3.8, 4) is 11.5 Å². The van der Waals surface area contributed by atoms with Crippen molar-refractivity contribution in [2.75, 3.05) is 20.2 Å². The van der Waals surface area contributed by atoms with Crippen LogP contribution in [0, 0.1) is 5.92 Å². The summed E-state index contributed by atoms with van der Waals surface area (Å²) in [7, 11) is 1.35. The molecule has 0 aliphatic carbocycles. The summed E-state index contributed by atoms with van der Waals surface area (Å²) in [5.74, 6) is -0.186. The van der Waals surface area contributed by atoms with Gasteiger partial charge in [-0.3, -0.25) is 9.59 Å². The summed E-state index contributed by atoms with van der Waals surface area (Å²) in [5, 5.41) is 2.96. The minimum atomic E-state index is -2.95. The fourth-order valence-corrected chi connectivity index (χ4v) is 3.55. The number of hydrogen-bond acceptors (Lipinski definition) is 4. The number of hydrogen-bond donors (Lipinski definition) is 1. The van der Waals surface area contributed by atoms with E-state index in [4.69, 9.17) is 4.74 Å². The second-order valence-corrected chi connectivity index (χ2v) is 7.43. The molecule has 170 valence electrons. The first kappa shape index (κ1) is 23.2. The molecule has 1 aliphatic rings. The minimum absolute atomic E-state index is 0.00898. The molecule has 1 saturated heterocycles. The quantitative estimate of drug-likeness (QED) is 0.628. The zero-order chi connectivity index (χ0) is 22.9. The summed E-state index contributed by atoms with van der Waals surface area (Å²) in [5.41, 5.74) is 1.66. The summed E-state index contributed by atoms with van der Waals surface area (Å²) in [6, 6.07) is 14.2. The number of benzene rings is 2. The van der Waals surface area contributed by atoms with Gasteiger partial charge in [0.25, 0.3) is 0 Å². The van der Waals surface area contributed by atoms with Gasteiger partial charge in [0.05, 0.1) is 7.11 Å². The van der Waals surface area contributed by atoms with Crippen LogP contribution in [0.15, 0.2) is 54.6 Å². The Balaban J connectivity index is 1.48. The Morgan fingerprint density at radius 1 is 1.12 bits per heavy atom. The lowest BCUT2D eigenvalue weighted by molar-refractivity contribution is -0.132. The zero-order valence-electron chi connectivity index (χ0n) is 17.8. The standard InChI is InChI=1S/C24H26F2N2O4/c1-31-21-15-17(7-9-20(21)32-24(25)26)8-10-22(29)28-13-11-19(12-14-28)23(30)27-16-18-5-3-2-4-6-18/h2-10,15,19,24H,11-14,16H2,1H3,(H,27,30)/b10-8+. The number of carbonyl (C=O) groups excluding carboxylic acids is 2. The van der Waals surface area contributed by atoms with Crippen LogP contribution in [0.1, 0.15) is 24.0 Å². The molecule has 0 bridgehead atoms. The highest BCUT2D eigenvalue weighted by Crippen LogP contribution is 2.30. The van der Waals surface area contributed by atoms with Gasteiger partial charge < -0.3 is 19.7 Å². The molecule has 0 aromatic heterocycles. The average Bonchev–Trinajstić information content (AvgIpc) is 2.82. The molecular weight excluding hydrogens is 418 g/mol. The molecule has 1 aliphatic heterocycles. The molecule has 0 radical (unpaired) electrons. The largest absolute Gasteiger partial charge is 0.493 e. The molecule has 3 rings (SSSR count). The first-order valence-electron chi connectivity index (χ1n) is 10.4. The number of rotatable bonds is 8. The van der Waals surface area contributed by atoms with Crippen molar-refractivity contribution in [1.29, 1.82) is 0 Å². The first-order valence-corrected chi connectivity index (χ1v) is 10.4. The third-order valence-corrected chi connectivity index (χ3v) is 5.31. The fourth-order valence-electron chi connectivity index (χ4n) is 3.55. The number of nitrogens with zero attached hydrogens (tertiary/aromatic N) is 1. The zero-order valence-corrected chi connectivity index (χ0v) is 17.8. The maximum atomic E-state index is 12.5. The normalized spacial score (nSPS) is 14.6. The molecule has 1 N–H and O–H groups in total. The summed E-state index contributed by atoms with van der Waals surface area (Å²) < 4.78 is 34.3. The lowest BCUT2D eigenvalue weighted by Crippen LogP contribution is -2.42. The van der Waals surface area contributed by atoms with E-state index in [0.717, 1.165) is 5.56 Å². The Morgan fingerprint density at radius 2 is 1.84 bits per heavy atom. The van der Waals surface area contributed by atoms with Crippen molar-refractivity contribution >= 4 is 17.9 Å². The highest BCUT2D eigenvalue weighted by molar-refractivity contribution is 5.92. The number of methoxy groups -OCH3 is 1. The molecule has 0 saturated carbocycles. The van der Waals surface area contributed by atoms with Gasteiger partial charge in [-0.1, -0.05) is 36.4 Å². The topological polar surface area (TPSA) is 67.9 Å². The minimum Gasteiger partial charge on any atom is -0.493 e. The number of amides is 2. The molecule has 8 heteroatoms. The second-order valence-electron chi connectivity index (χ2n) is 7.43. The number of piperidine rings is 1. The Morgan fingerprint density at radius 3 is 2.50 bits per heavy atom. The highest BCUT2D eigenvalue weighted by Gasteiger charge is 2.26. The van der Waals surface area contributed by atoms with Gasteiger partial charge in [-0.2, -0.15) is 8.78 Å². The first-order chi connectivity index (χ1) is 15.5. The van der Waals surface area contributed by atoms with Crippen molar-refractivity contribution in [1.82, 2.24) is 10.2 Å². The average molecular weight is 444 g/mol. The summed E-state index contributed by atoms with van der Waals surface area (Å²) >= 11 is 0. The smallest absolute Gasteiger partial charge is 0.387 e. The third-order valence-electron chi connectivity index (χ3n) is 5.31. The number of ether oxygens (including phenoxy) is 2. The van der Waals surface area contributed by atoms with Gasteiger partial charge in [0.1, 0.15) is 0 Å². The molecule has 0 unspecified atom stereocenters. The van der Waals surface area contributed by atoms with Gasteiger partial charge in [-0.25, -0.2) is 0 Å². The van der Waals surface area contributed by atoms with E-state index >= 15 is 0 Å². The second kappa shape index (κ2) is 11.3. The van der Waals surface area contributed by atoms with Crippen molar-refractivity contribution in [2.45, 2.75) is 26.0 Å². The Bertz CT molecular complexity index is 942. The van der Waals surface area contributed by atoms with Crippen LogP contribution in [-0.4, -0.2) is 43.5 Å². The van der Waals surface area contributed by atoms with Crippen LogP contribution in [0.25, 0.3) is 6.08 Å². The van der Waals surface area contributed by atoms with Crippen molar-refractivity contribution < 1.29 is 27.8 Å². The monoisotopic (exact) mass is 444 g/mol. The molecule has 1 fully saturated rings. The van der Waals surface area contributed by atoms with E-state index in [1.807, 2.05) is 30.3 Å². The van der Waals surface area contributed by atoms with Crippen LogP contribution in [-0.2, 0) is 16.1 Å². The summed E-state index contributed by atoms with van der Waals surface area (Å²) in [6.45, 7) is -1.46. The van der Waals surface area contributed by atoms with E-state index < -0.39 is 6.61 Å². The molecule has 2 aromatic rings. The molecular formula is C24H26F2N2O4. The number of alkyl halides is 2. The van der Waals surface area contributed by atoms with Crippen LogP contribution >= 0.6 is 0 Å². The van der Waals surface area contributed by atoms with Crippen molar-refractivity contribution in [3.63, 3.8) is 0 Å². The molecule has 2 amide bonds. The van der Waals surface area contributed by atoms with Crippen LogP contribution < -0.4 is 14.8 Å². The Labute approximate surface area is 185 Å². The predicted molar refractivity (Wildman–Crippen MR) is 116 cm³/mol. The van der Waals surface area contributed by atoms with Gasteiger partial charge >= 0.3 is 6.61 Å². The number of likely N-dealkylation sites (tertiary alicyclic amines) is 1. The van der Waals surface area contributed by atoms with E-state index in [2.05, 4.69) is 10.1 Å². The molecule has 6 nitrogen and oxygen atoms in total. The van der Waals surface area contributed by atoms with Gasteiger partial charge in [0.2, 0.25) is 11.8 Å². The van der Waals surface area contributed by atoms with Gasteiger partial charge in [-0.05, 0) is 42.2 Å². The van der Waals surface area contributed by atoms with E-state index in [9.17, 15) is 18.4 Å². The Hall–Kier alpha value is -3.42. The van der Waals surface area contributed by atoms with E-state index in [1.165, 1.54) is 25.3 Å². The lowest BCUT2D eigenvalue weighted by Gasteiger charge is -2.30. The van der Waals surface area contributed by atoms with E-state index in [1.54, 1.807) is 17.0 Å². The molecule has 1 heterocycles. The van der Waals surface area contributed by atoms with Crippen molar-refractivity contribution in [3.05, 3.63) is 65.7 Å². The third kappa shape index (κ3) is 6.54. The Kier molecular flexibility index (Phi) is 8.19. The molecule has 2 aromatic carbocycles. The molecule has 0 spiro atoms. The van der Waals surface area contributed by atoms with Crippen LogP contribution in [0.4, 0.5) is 8.78 Å². The van der Waals surface area contributed by atoms with Crippen LogP contribution in [0.2, 0.25) is 0 Å². The summed E-state index contributed by atoms with van der Waals surface area (Å²) in [6.07, 6.45) is 4.23. The fraction of sp³-hybridized carbons (Fsp3) is 0.333. The number of nitrogens with one attached hydrogen (secondary N) is 1. The van der Waals surface area contributed by atoms with E-state index in [-0.39, 0.29) is 29.2 Å². The van der Waals surface area contributed by atoms with Crippen LogP contribution in [0.3, 0.4) is 0 Å². The van der Waals surface area contributed by atoms with Gasteiger partial charge in [-0.15, -0.1) is 0 Å². The highest BCUT2D eigenvalue weighted by atomic mass is 19.3. The maximum Gasteiger partial charge on any atom is 0.387 e. The van der Waals surface area contributed by atoms with Crippen LogP contribution in [0.5, 0.6) is 11.5 Å². The molecule has 32 heavy (non-hydrogen) atoms. The number of halogens is 2. The van der Waals surface area contributed by atoms with Gasteiger partial charge in [0.15, 0.2) is 11.5 Å². The predicted octanol–water partition coefficient (Wildman–Crippen LogP) is 3.86. The number of carbonyl (C=O) groups is 2. The maximum absolute atomic E-state index is 12.5.